The molecule has 138 valence electrons. The lowest BCUT2D eigenvalue weighted by molar-refractivity contribution is -0.116. The molecule has 0 spiro atoms. The molecule has 0 aliphatic rings. The van der Waals surface area contributed by atoms with Gasteiger partial charge in [0.1, 0.15) is 5.75 Å². The first-order valence-corrected chi connectivity index (χ1v) is 8.96. The molecule has 27 heavy (non-hydrogen) atoms. The number of hydrogen-bond acceptors (Lipinski definition) is 3. The van der Waals surface area contributed by atoms with Gasteiger partial charge in [0.15, 0.2) is 0 Å². The fraction of sp³-hybridized carbons (Fsp3) is 0.182. The molecule has 0 fully saturated rings. The Kier molecular flexibility index (Phi) is 6.05. The molecule has 1 aromatic heterocycles. The molecular weight excluding hydrogens is 338 g/mol. The molecule has 5 heteroatoms. The van der Waals surface area contributed by atoms with E-state index in [-0.39, 0.29) is 5.91 Å². The third kappa shape index (κ3) is 4.64. The maximum absolute atomic E-state index is 11.9. The summed E-state index contributed by atoms with van der Waals surface area (Å²) in [5, 5.41) is 7.59. The van der Waals surface area contributed by atoms with Crippen LogP contribution in [0.2, 0.25) is 0 Å². The lowest BCUT2D eigenvalue weighted by Gasteiger charge is -2.03. The van der Waals surface area contributed by atoms with Gasteiger partial charge in [-0.2, -0.15) is 5.10 Å². The minimum Gasteiger partial charge on any atom is -0.497 e. The molecule has 0 radical (unpaired) electrons. The van der Waals surface area contributed by atoms with E-state index < -0.39 is 0 Å². The highest BCUT2D eigenvalue weighted by atomic mass is 16.5. The number of nitrogens with zero attached hydrogens (tertiary/aromatic N) is 2. The molecular formula is C22H23N3O2. The quantitative estimate of drug-likeness (QED) is 0.645. The highest BCUT2D eigenvalue weighted by Crippen LogP contribution is 2.26. The zero-order chi connectivity index (χ0) is 19.1. The summed E-state index contributed by atoms with van der Waals surface area (Å²) in [6.45, 7) is 2.69. The number of aromatic nitrogens is 2. The van der Waals surface area contributed by atoms with Crippen molar-refractivity contribution >= 4 is 12.0 Å². The third-order valence-corrected chi connectivity index (χ3v) is 4.09. The maximum Gasteiger partial charge on any atom is 0.244 e. The minimum atomic E-state index is -0.106. The normalized spacial score (nSPS) is 10.9. The number of ether oxygens (including phenoxy) is 1. The van der Waals surface area contributed by atoms with Crippen LogP contribution in [0.5, 0.6) is 5.75 Å². The van der Waals surface area contributed by atoms with Crippen molar-refractivity contribution in [3.63, 3.8) is 0 Å². The Balaban J connectivity index is 1.97. The molecule has 0 unspecified atom stereocenters. The number of nitrogens with one attached hydrogen (secondary N) is 1. The van der Waals surface area contributed by atoms with Crippen molar-refractivity contribution in [3.8, 4) is 22.7 Å². The van der Waals surface area contributed by atoms with Crippen LogP contribution in [0.1, 0.15) is 18.9 Å². The van der Waals surface area contributed by atoms with Crippen LogP contribution in [0.3, 0.4) is 0 Å². The summed E-state index contributed by atoms with van der Waals surface area (Å²) in [5.41, 5.74) is 3.60. The molecule has 3 rings (SSSR count). The predicted molar refractivity (Wildman–Crippen MR) is 108 cm³/mol. The van der Waals surface area contributed by atoms with Gasteiger partial charge in [0, 0.05) is 29.9 Å². The summed E-state index contributed by atoms with van der Waals surface area (Å²) in [7, 11) is 1.64. The highest BCUT2D eigenvalue weighted by molar-refractivity contribution is 5.92. The van der Waals surface area contributed by atoms with E-state index >= 15 is 0 Å². The standard InChI is InChI=1S/C22H23N3O2/c1-3-15-23-21(26)14-11-18-16-25(19-7-5-4-6-8-19)24-22(18)17-9-12-20(27-2)13-10-17/h4-14,16H,3,15H2,1-2H3,(H,23,26)/b14-11+. The van der Waals surface area contributed by atoms with Crippen LogP contribution < -0.4 is 10.1 Å². The molecule has 0 saturated carbocycles. The Morgan fingerprint density at radius 3 is 2.56 bits per heavy atom. The molecule has 0 aliphatic carbocycles. The fourth-order valence-corrected chi connectivity index (χ4v) is 2.67. The van der Waals surface area contributed by atoms with Crippen molar-refractivity contribution < 1.29 is 9.53 Å². The van der Waals surface area contributed by atoms with Gasteiger partial charge in [-0.1, -0.05) is 25.1 Å². The first-order valence-electron chi connectivity index (χ1n) is 8.96. The Morgan fingerprint density at radius 1 is 1.15 bits per heavy atom. The van der Waals surface area contributed by atoms with E-state index in [1.54, 1.807) is 19.3 Å². The average molecular weight is 361 g/mol. The zero-order valence-electron chi connectivity index (χ0n) is 15.6. The van der Waals surface area contributed by atoms with Crippen LogP contribution in [0.25, 0.3) is 23.0 Å². The van der Waals surface area contributed by atoms with Gasteiger partial charge in [-0.05, 0) is 48.9 Å². The zero-order valence-corrected chi connectivity index (χ0v) is 15.6. The highest BCUT2D eigenvalue weighted by Gasteiger charge is 2.11. The van der Waals surface area contributed by atoms with Crippen molar-refractivity contribution in [2.24, 2.45) is 0 Å². The number of methoxy groups -OCH3 is 1. The van der Waals surface area contributed by atoms with Gasteiger partial charge >= 0.3 is 0 Å². The summed E-state index contributed by atoms with van der Waals surface area (Å²) in [4.78, 5) is 11.9. The summed E-state index contributed by atoms with van der Waals surface area (Å²) >= 11 is 0. The Morgan fingerprint density at radius 2 is 1.89 bits per heavy atom. The van der Waals surface area contributed by atoms with Crippen molar-refractivity contribution in [1.82, 2.24) is 15.1 Å². The summed E-state index contributed by atoms with van der Waals surface area (Å²) in [5.74, 6) is 0.683. The van der Waals surface area contributed by atoms with Crippen molar-refractivity contribution in [3.05, 3.63) is 72.4 Å². The van der Waals surface area contributed by atoms with Gasteiger partial charge in [-0.15, -0.1) is 0 Å². The van der Waals surface area contributed by atoms with E-state index in [0.717, 1.165) is 34.7 Å². The van der Waals surface area contributed by atoms with E-state index in [9.17, 15) is 4.79 Å². The molecule has 5 nitrogen and oxygen atoms in total. The largest absolute Gasteiger partial charge is 0.497 e. The first-order chi connectivity index (χ1) is 13.2. The molecule has 1 heterocycles. The van der Waals surface area contributed by atoms with Gasteiger partial charge in [0.05, 0.1) is 18.5 Å². The van der Waals surface area contributed by atoms with Crippen LogP contribution in [0, 0.1) is 0 Å². The smallest absolute Gasteiger partial charge is 0.244 e. The van der Waals surface area contributed by atoms with Crippen molar-refractivity contribution in [2.75, 3.05) is 13.7 Å². The van der Waals surface area contributed by atoms with Crippen LogP contribution >= 0.6 is 0 Å². The Bertz CT molecular complexity index is 912. The SMILES string of the molecule is CCCNC(=O)/C=C/c1cn(-c2ccccc2)nc1-c1ccc(OC)cc1. The lowest BCUT2D eigenvalue weighted by Crippen LogP contribution is -2.21. The second kappa shape index (κ2) is 8.85. The molecule has 1 N–H and O–H groups in total. The fourth-order valence-electron chi connectivity index (χ4n) is 2.67. The summed E-state index contributed by atoms with van der Waals surface area (Å²) < 4.78 is 7.06. The molecule has 0 saturated heterocycles. The van der Waals surface area contributed by atoms with Crippen LogP contribution in [-0.2, 0) is 4.79 Å². The summed E-state index contributed by atoms with van der Waals surface area (Å²) in [6, 6.07) is 17.6. The van der Waals surface area contributed by atoms with Gasteiger partial charge in [-0.3, -0.25) is 4.79 Å². The third-order valence-electron chi connectivity index (χ3n) is 4.09. The number of hydrogen-bond donors (Lipinski definition) is 1. The average Bonchev–Trinajstić information content (AvgIpc) is 3.15. The number of carbonyl (C=O) groups is 1. The second-order valence-electron chi connectivity index (χ2n) is 6.07. The first kappa shape index (κ1) is 18.5. The lowest BCUT2D eigenvalue weighted by atomic mass is 10.1. The van der Waals surface area contributed by atoms with Gasteiger partial charge in [0.25, 0.3) is 0 Å². The number of carbonyl (C=O) groups excluding carboxylic acids is 1. The van der Waals surface area contributed by atoms with Crippen molar-refractivity contribution in [1.29, 1.82) is 0 Å². The minimum absolute atomic E-state index is 0.106. The van der Waals surface area contributed by atoms with Gasteiger partial charge in [-0.25, -0.2) is 4.68 Å². The maximum atomic E-state index is 11.9. The van der Waals surface area contributed by atoms with Crippen LogP contribution in [0.4, 0.5) is 0 Å². The molecule has 1 amide bonds. The second-order valence-corrected chi connectivity index (χ2v) is 6.07. The Hall–Kier alpha value is -3.34. The molecule has 3 aromatic rings. The van der Waals surface area contributed by atoms with E-state index in [0.29, 0.717) is 6.54 Å². The van der Waals surface area contributed by atoms with E-state index in [2.05, 4.69) is 5.32 Å². The number of para-hydroxylation sites is 1. The van der Waals surface area contributed by atoms with Gasteiger partial charge < -0.3 is 10.1 Å². The van der Waals surface area contributed by atoms with Crippen molar-refractivity contribution in [2.45, 2.75) is 13.3 Å². The molecule has 0 aliphatic heterocycles. The monoisotopic (exact) mass is 361 g/mol. The number of amides is 1. The van der Waals surface area contributed by atoms with E-state index in [1.165, 1.54) is 0 Å². The topological polar surface area (TPSA) is 56.2 Å². The van der Waals surface area contributed by atoms with E-state index in [1.807, 2.05) is 72.4 Å². The van der Waals surface area contributed by atoms with Crippen LogP contribution in [0.15, 0.2) is 66.9 Å². The van der Waals surface area contributed by atoms with E-state index in [4.69, 9.17) is 9.84 Å². The molecule has 2 aromatic carbocycles. The summed E-state index contributed by atoms with van der Waals surface area (Å²) in [6.07, 6.45) is 6.19. The van der Waals surface area contributed by atoms with Crippen LogP contribution in [-0.4, -0.2) is 29.3 Å². The number of rotatable bonds is 7. The van der Waals surface area contributed by atoms with Gasteiger partial charge in [0.2, 0.25) is 5.91 Å². The Labute approximate surface area is 159 Å². The predicted octanol–water partition coefficient (Wildman–Crippen LogP) is 4.09. The molecule has 0 atom stereocenters. The molecule has 0 bridgehead atoms. The number of benzene rings is 2.